The van der Waals surface area contributed by atoms with Crippen molar-refractivity contribution in [2.24, 2.45) is 5.92 Å². The molecule has 1 aliphatic rings. The van der Waals surface area contributed by atoms with Gasteiger partial charge in [0.15, 0.2) is 5.43 Å². The molecule has 7 heteroatoms. The smallest absolute Gasteiger partial charge is 0.259 e. The van der Waals surface area contributed by atoms with Crippen molar-refractivity contribution in [2.45, 2.75) is 52.2 Å². The molecule has 1 amide bonds. The lowest BCUT2D eigenvalue weighted by Gasteiger charge is -2.27. The molecule has 184 valence electrons. The first-order chi connectivity index (χ1) is 16.8. The Morgan fingerprint density at radius 2 is 1.71 bits per heavy atom. The van der Waals surface area contributed by atoms with Crippen LogP contribution in [0.5, 0.6) is 0 Å². The zero-order valence-electron chi connectivity index (χ0n) is 21.0. The lowest BCUT2D eigenvalue weighted by Crippen LogP contribution is -2.41. The molecule has 3 aromatic rings. The average molecular weight is 474 g/mol. The van der Waals surface area contributed by atoms with Crippen LogP contribution in [0.1, 0.15) is 46.9 Å². The maximum atomic E-state index is 13.8. The van der Waals surface area contributed by atoms with Gasteiger partial charge in [-0.15, -0.1) is 0 Å². The predicted octanol–water partition coefficient (Wildman–Crippen LogP) is 2.96. The first-order valence-corrected chi connectivity index (χ1v) is 12.3. The SMILES string of the molecule is Cc1cc(=O)c(C(=O)N(C)CC2C(C)NNC2C)c(CCc2ccccc2)n1Cc1ccccn1. The van der Waals surface area contributed by atoms with Gasteiger partial charge in [0.05, 0.1) is 12.2 Å². The molecule has 3 heterocycles. The molecule has 0 radical (unpaired) electrons. The van der Waals surface area contributed by atoms with Crippen molar-refractivity contribution in [1.82, 2.24) is 25.3 Å². The van der Waals surface area contributed by atoms with Crippen molar-refractivity contribution in [1.29, 1.82) is 0 Å². The highest BCUT2D eigenvalue weighted by molar-refractivity contribution is 5.95. The van der Waals surface area contributed by atoms with Crippen molar-refractivity contribution in [2.75, 3.05) is 13.6 Å². The molecule has 35 heavy (non-hydrogen) atoms. The molecule has 0 saturated carbocycles. The standard InChI is InChI=1S/C28H35N5O2/c1-19-16-26(34)27(28(35)32(4)18-24-20(2)30-31-21(24)3)25(14-13-22-10-6-5-7-11-22)33(19)17-23-12-8-9-15-29-23/h5-12,15-16,20-21,24,30-31H,13-14,17-18H2,1-4H3. The van der Waals surface area contributed by atoms with E-state index >= 15 is 0 Å². The second-order valence-corrected chi connectivity index (χ2v) is 9.58. The van der Waals surface area contributed by atoms with Crippen molar-refractivity contribution in [3.63, 3.8) is 0 Å². The van der Waals surface area contributed by atoms with Crippen LogP contribution in [0.2, 0.25) is 0 Å². The highest BCUT2D eigenvalue weighted by Gasteiger charge is 2.33. The van der Waals surface area contributed by atoms with Gasteiger partial charge in [0.25, 0.3) is 5.91 Å². The largest absolute Gasteiger partial charge is 0.342 e. The molecule has 0 bridgehead atoms. The monoisotopic (exact) mass is 473 g/mol. The Hall–Kier alpha value is -3.29. The van der Waals surface area contributed by atoms with E-state index in [4.69, 9.17) is 0 Å². The second kappa shape index (κ2) is 11.0. The van der Waals surface area contributed by atoms with Gasteiger partial charge in [-0.1, -0.05) is 36.4 Å². The maximum Gasteiger partial charge on any atom is 0.259 e. The zero-order chi connectivity index (χ0) is 24.9. The number of nitrogens with one attached hydrogen (secondary N) is 2. The van der Waals surface area contributed by atoms with Crippen LogP contribution >= 0.6 is 0 Å². The summed E-state index contributed by atoms with van der Waals surface area (Å²) in [5.74, 6) is 0.0250. The Bertz CT molecular complexity index is 1200. The van der Waals surface area contributed by atoms with Crippen molar-refractivity contribution in [3.05, 3.63) is 99.2 Å². The van der Waals surface area contributed by atoms with Gasteiger partial charge in [0, 0.05) is 55.2 Å². The van der Waals surface area contributed by atoms with Crippen LogP contribution in [0.25, 0.3) is 0 Å². The summed E-state index contributed by atoms with van der Waals surface area (Å²) in [5, 5.41) is 0. The van der Waals surface area contributed by atoms with Gasteiger partial charge in [-0.25, -0.2) is 0 Å². The molecule has 1 aliphatic heterocycles. The fraction of sp³-hybridized carbons (Fsp3) is 0.393. The molecule has 2 atom stereocenters. The Balaban J connectivity index is 1.71. The van der Waals surface area contributed by atoms with Gasteiger partial charge in [0.1, 0.15) is 5.56 Å². The number of aryl methyl sites for hydroxylation is 2. The van der Waals surface area contributed by atoms with E-state index in [1.54, 1.807) is 24.2 Å². The van der Waals surface area contributed by atoms with Crippen LogP contribution in [0.3, 0.4) is 0 Å². The molecule has 2 aromatic heterocycles. The average Bonchev–Trinajstić information content (AvgIpc) is 3.17. The van der Waals surface area contributed by atoms with Gasteiger partial charge in [-0.2, -0.15) is 0 Å². The van der Waals surface area contributed by atoms with E-state index in [2.05, 4.69) is 46.4 Å². The van der Waals surface area contributed by atoms with Crippen molar-refractivity contribution < 1.29 is 4.79 Å². The molecule has 0 spiro atoms. The van der Waals surface area contributed by atoms with Crippen LogP contribution in [-0.2, 0) is 19.4 Å². The lowest BCUT2D eigenvalue weighted by molar-refractivity contribution is 0.0763. The number of pyridine rings is 2. The van der Waals surface area contributed by atoms with E-state index in [1.165, 1.54) is 5.56 Å². The van der Waals surface area contributed by atoms with Crippen LogP contribution in [0.4, 0.5) is 0 Å². The zero-order valence-corrected chi connectivity index (χ0v) is 21.0. The number of hydrogen-bond donors (Lipinski definition) is 2. The number of carbonyl (C=O) groups is 1. The molecule has 1 saturated heterocycles. The molecule has 4 rings (SSSR count). The summed E-state index contributed by atoms with van der Waals surface area (Å²) in [6, 6.07) is 18.0. The van der Waals surface area contributed by atoms with E-state index in [1.807, 2.05) is 43.3 Å². The summed E-state index contributed by atoms with van der Waals surface area (Å²) in [6.07, 6.45) is 3.09. The number of carbonyl (C=O) groups excluding carboxylic acids is 1. The topological polar surface area (TPSA) is 79.3 Å². The number of hydrazine groups is 1. The van der Waals surface area contributed by atoms with Crippen LogP contribution in [0.15, 0.2) is 65.6 Å². The molecule has 2 unspecified atom stereocenters. The number of rotatable bonds is 8. The maximum absolute atomic E-state index is 13.8. The summed E-state index contributed by atoms with van der Waals surface area (Å²) in [5.41, 5.74) is 10.2. The van der Waals surface area contributed by atoms with E-state index in [0.29, 0.717) is 19.5 Å². The van der Waals surface area contributed by atoms with Gasteiger partial charge in [-0.3, -0.25) is 25.4 Å². The highest BCUT2D eigenvalue weighted by Crippen LogP contribution is 2.19. The fourth-order valence-corrected chi connectivity index (χ4v) is 4.92. The number of benzene rings is 1. The third-order valence-corrected chi connectivity index (χ3v) is 7.03. The number of aromatic nitrogens is 2. The van der Waals surface area contributed by atoms with Gasteiger partial charge < -0.3 is 9.47 Å². The fourth-order valence-electron chi connectivity index (χ4n) is 4.92. The molecular formula is C28H35N5O2. The Morgan fingerprint density at radius 1 is 1.03 bits per heavy atom. The third kappa shape index (κ3) is 5.69. The minimum Gasteiger partial charge on any atom is -0.342 e. The molecule has 1 aromatic carbocycles. The van der Waals surface area contributed by atoms with E-state index < -0.39 is 0 Å². The molecule has 1 fully saturated rings. The minimum absolute atomic E-state index is 0.219. The summed E-state index contributed by atoms with van der Waals surface area (Å²) in [7, 11) is 1.80. The van der Waals surface area contributed by atoms with E-state index in [-0.39, 0.29) is 34.9 Å². The Morgan fingerprint density at radius 3 is 2.37 bits per heavy atom. The first-order valence-electron chi connectivity index (χ1n) is 12.3. The number of nitrogens with zero attached hydrogens (tertiary/aromatic N) is 3. The molecule has 7 nitrogen and oxygen atoms in total. The summed E-state index contributed by atoms with van der Waals surface area (Å²) in [4.78, 5) is 33.2. The van der Waals surface area contributed by atoms with Gasteiger partial charge in [0.2, 0.25) is 0 Å². The van der Waals surface area contributed by atoms with Crippen LogP contribution in [-0.4, -0.2) is 46.0 Å². The summed E-state index contributed by atoms with van der Waals surface area (Å²) >= 11 is 0. The quantitative estimate of drug-likeness (QED) is 0.526. The van der Waals surface area contributed by atoms with Crippen molar-refractivity contribution in [3.8, 4) is 0 Å². The van der Waals surface area contributed by atoms with Crippen LogP contribution < -0.4 is 16.3 Å². The Labute approximate surface area is 207 Å². The number of amides is 1. The molecule has 2 N–H and O–H groups in total. The first kappa shape index (κ1) is 24.8. The predicted molar refractivity (Wildman–Crippen MR) is 138 cm³/mol. The third-order valence-electron chi connectivity index (χ3n) is 7.03. The minimum atomic E-state index is -0.223. The van der Waals surface area contributed by atoms with E-state index in [9.17, 15) is 9.59 Å². The lowest BCUT2D eigenvalue weighted by atomic mass is 9.95. The molecular weight excluding hydrogens is 438 g/mol. The summed E-state index contributed by atoms with van der Waals surface area (Å²) < 4.78 is 2.08. The van der Waals surface area contributed by atoms with E-state index in [0.717, 1.165) is 23.5 Å². The Kier molecular flexibility index (Phi) is 7.78. The van der Waals surface area contributed by atoms with Gasteiger partial charge >= 0.3 is 0 Å². The number of hydrogen-bond acceptors (Lipinski definition) is 5. The highest BCUT2D eigenvalue weighted by atomic mass is 16.2. The summed E-state index contributed by atoms with van der Waals surface area (Å²) in [6.45, 7) is 7.21. The van der Waals surface area contributed by atoms with Gasteiger partial charge in [-0.05, 0) is 51.3 Å². The van der Waals surface area contributed by atoms with Crippen LogP contribution in [0, 0.1) is 12.8 Å². The second-order valence-electron chi connectivity index (χ2n) is 9.58. The van der Waals surface area contributed by atoms with Crippen molar-refractivity contribution >= 4 is 5.91 Å². The normalized spacial score (nSPS) is 19.6. The molecule has 0 aliphatic carbocycles.